The van der Waals surface area contributed by atoms with Crippen LogP contribution in [0.5, 0.6) is 0 Å². The Hall–Kier alpha value is -0.660. The maximum atomic E-state index is 3.14. The summed E-state index contributed by atoms with van der Waals surface area (Å²) in [5, 5.41) is 6.07. The highest BCUT2D eigenvalue weighted by Crippen LogP contribution is 1.78. The van der Waals surface area contributed by atoms with Gasteiger partial charge >= 0.3 is 0 Å². The van der Waals surface area contributed by atoms with E-state index in [-0.39, 0.29) is 0 Å². The minimum absolute atomic E-state index is 0.990. The Kier molecular flexibility index (Phi) is 13.5. The van der Waals surface area contributed by atoms with E-state index in [1.165, 1.54) is 5.70 Å². The van der Waals surface area contributed by atoms with Gasteiger partial charge < -0.3 is 10.6 Å². The summed E-state index contributed by atoms with van der Waals surface area (Å²) in [7, 11) is 1.89. The Balaban J connectivity index is 0. The highest BCUT2D eigenvalue weighted by Gasteiger charge is 1.78. The smallest absolute Gasteiger partial charge is 0.0234 e. The van der Waals surface area contributed by atoms with Gasteiger partial charge in [-0.25, -0.2) is 0 Å². The number of hydrogen-bond donors (Lipinski definition) is 2. The SMILES string of the molecule is CC.CCN/C(C)=C\NC. The monoisotopic (exact) mass is 144 g/mol. The molecule has 0 amide bonds. The van der Waals surface area contributed by atoms with Gasteiger partial charge in [0, 0.05) is 25.5 Å². The molecule has 62 valence electrons. The summed E-state index contributed by atoms with van der Waals surface area (Å²) in [6, 6.07) is 0. The van der Waals surface area contributed by atoms with E-state index < -0.39 is 0 Å². The Labute approximate surface area is 64.7 Å². The van der Waals surface area contributed by atoms with Crippen LogP contribution in [0.4, 0.5) is 0 Å². The number of hydrogen-bond acceptors (Lipinski definition) is 2. The van der Waals surface area contributed by atoms with E-state index in [2.05, 4.69) is 17.6 Å². The third-order valence-corrected chi connectivity index (χ3v) is 0.816. The van der Waals surface area contributed by atoms with Gasteiger partial charge in [-0.05, 0) is 13.8 Å². The predicted octanol–water partition coefficient (Wildman–Crippen LogP) is 1.70. The maximum Gasteiger partial charge on any atom is 0.0234 e. The predicted molar refractivity (Wildman–Crippen MR) is 47.8 cm³/mol. The Morgan fingerprint density at radius 2 is 1.90 bits per heavy atom. The molecule has 0 aromatic rings. The van der Waals surface area contributed by atoms with Crippen LogP contribution in [0.2, 0.25) is 0 Å². The molecule has 0 spiro atoms. The quantitative estimate of drug-likeness (QED) is 0.630. The minimum Gasteiger partial charge on any atom is -0.393 e. The lowest BCUT2D eigenvalue weighted by atomic mass is 10.5. The molecule has 0 atom stereocenters. The first-order valence-electron chi connectivity index (χ1n) is 3.89. The fourth-order valence-corrected chi connectivity index (χ4v) is 0.546. The van der Waals surface area contributed by atoms with E-state index in [9.17, 15) is 0 Å². The zero-order valence-corrected chi connectivity index (χ0v) is 7.78. The molecule has 2 N–H and O–H groups in total. The van der Waals surface area contributed by atoms with Gasteiger partial charge in [-0.2, -0.15) is 0 Å². The van der Waals surface area contributed by atoms with Crippen LogP contribution in [-0.4, -0.2) is 13.6 Å². The van der Waals surface area contributed by atoms with Gasteiger partial charge in [0.05, 0.1) is 0 Å². The normalized spacial score (nSPS) is 9.50. The highest BCUT2D eigenvalue weighted by molar-refractivity contribution is 4.91. The van der Waals surface area contributed by atoms with Crippen LogP contribution in [0.3, 0.4) is 0 Å². The number of allylic oxidation sites excluding steroid dienone is 1. The molecule has 0 heterocycles. The average Bonchev–Trinajstić information content (AvgIpc) is 1.93. The lowest BCUT2D eigenvalue weighted by molar-refractivity contribution is 0.837. The first-order valence-corrected chi connectivity index (χ1v) is 3.89. The van der Waals surface area contributed by atoms with E-state index in [1.54, 1.807) is 0 Å². The summed E-state index contributed by atoms with van der Waals surface area (Å²) in [6.45, 7) is 9.09. The molecule has 0 rings (SSSR count). The largest absolute Gasteiger partial charge is 0.393 e. The molecule has 10 heavy (non-hydrogen) atoms. The standard InChI is InChI=1S/C6H14N2.C2H6/c1-4-8-6(2)5-7-3;1-2/h5,7-8H,4H2,1-3H3;1-2H3/b6-5-;. The van der Waals surface area contributed by atoms with E-state index in [4.69, 9.17) is 0 Å². The number of rotatable bonds is 3. The van der Waals surface area contributed by atoms with Gasteiger partial charge in [0.1, 0.15) is 0 Å². The third-order valence-electron chi connectivity index (χ3n) is 0.816. The highest BCUT2D eigenvalue weighted by atomic mass is 14.9. The molecule has 0 radical (unpaired) electrons. The van der Waals surface area contributed by atoms with Crippen molar-refractivity contribution in [1.29, 1.82) is 0 Å². The van der Waals surface area contributed by atoms with Crippen LogP contribution < -0.4 is 10.6 Å². The summed E-state index contributed by atoms with van der Waals surface area (Å²) in [5.74, 6) is 0. The van der Waals surface area contributed by atoms with Crippen molar-refractivity contribution < 1.29 is 0 Å². The van der Waals surface area contributed by atoms with Gasteiger partial charge in [-0.1, -0.05) is 13.8 Å². The second-order valence-electron chi connectivity index (χ2n) is 1.65. The topological polar surface area (TPSA) is 24.1 Å². The van der Waals surface area contributed by atoms with Gasteiger partial charge in [0.25, 0.3) is 0 Å². The van der Waals surface area contributed by atoms with Crippen LogP contribution >= 0.6 is 0 Å². The molecule has 0 bridgehead atoms. The minimum atomic E-state index is 0.990. The van der Waals surface area contributed by atoms with Crippen LogP contribution in [0.15, 0.2) is 11.9 Å². The molecule has 0 saturated heterocycles. The van der Waals surface area contributed by atoms with Crippen molar-refractivity contribution in [2.75, 3.05) is 13.6 Å². The molecular formula is C8H20N2. The molecule has 0 aliphatic heterocycles. The molecular weight excluding hydrogens is 124 g/mol. The molecule has 0 saturated carbocycles. The maximum absolute atomic E-state index is 3.14. The van der Waals surface area contributed by atoms with E-state index in [0.29, 0.717) is 0 Å². The fourth-order valence-electron chi connectivity index (χ4n) is 0.546. The molecule has 2 heteroatoms. The third kappa shape index (κ3) is 10.3. The van der Waals surface area contributed by atoms with Crippen molar-refractivity contribution in [2.45, 2.75) is 27.7 Å². The van der Waals surface area contributed by atoms with E-state index in [0.717, 1.165) is 6.54 Å². The Morgan fingerprint density at radius 3 is 2.20 bits per heavy atom. The number of nitrogens with one attached hydrogen (secondary N) is 2. The average molecular weight is 144 g/mol. The van der Waals surface area contributed by atoms with Crippen LogP contribution in [-0.2, 0) is 0 Å². The van der Waals surface area contributed by atoms with Crippen LogP contribution in [0, 0.1) is 0 Å². The molecule has 0 aliphatic rings. The van der Waals surface area contributed by atoms with Crippen molar-refractivity contribution in [3.8, 4) is 0 Å². The van der Waals surface area contributed by atoms with Gasteiger partial charge in [0.15, 0.2) is 0 Å². The summed E-state index contributed by atoms with van der Waals surface area (Å²) in [5.41, 5.74) is 1.18. The molecule has 0 aromatic carbocycles. The van der Waals surface area contributed by atoms with Gasteiger partial charge in [-0.3, -0.25) is 0 Å². The van der Waals surface area contributed by atoms with E-state index in [1.807, 2.05) is 34.0 Å². The van der Waals surface area contributed by atoms with Crippen LogP contribution in [0.1, 0.15) is 27.7 Å². The Bertz CT molecular complexity index is 77.3. The van der Waals surface area contributed by atoms with Crippen molar-refractivity contribution in [3.05, 3.63) is 11.9 Å². The Morgan fingerprint density at radius 1 is 1.40 bits per heavy atom. The zero-order valence-electron chi connectivity index (χ0n) is 7.78. The first kappa shape index (κ1) is 12.1. The summed E-state index contributed by atoms with van der Waals surface area (Å²) in [6.07, 6.45) is 1.93. The zero-order chi connectivity index (χ0) is 8.41. The fraction of sp³-hybridized carbons (Fsp3) is 0.750. The molecule has 0 aromatic heterocycles. The van der Waals surface area contributed by atoms with E-state index >= 15 is 0 Å². The molecule has 0 unspecified atom stereocenters. The summed E-state index contributed by atoms with van der Waals surface area (Å²) >= 11 is 0. The second-order valence-corrected chi connectivity index (χ2v) is 1.65. The van der Waals surface area contributed by atoms with Gasteiger partial charge in [-0.15, -0.1) is 0 Å². The molecule has 0 aliphatic carbocycles. The van der Waals surface area contributed by atoms with Crippen molar-refractivity contribution in [3.63, 3.8) is 0 Å². The molecule has 2 nitrogen and oxygen atoms in total. The lowest BCUT2D eigenvalue weighted by Gasteiger charge is -2.00. The van der Waals surface area contributed by atoms with Crippen molar-refractivity contribution in [2.24, 2.45) is 0 Å². The summed E-state index contributed by atoms with van der Waals surface area (Å²) < 4.78 is 0. The molecule has 0 fully saturated rings. The van der Waals surface area contributed by atoms with Crippen LogP contribution in [0.25, 0.3) is 0 Å². The van der Waals surface area contributed by atoms with Crippen molar-refractivity contribution in [1.82, 2.24) is 10.6 Å². The lowest BCUT2D eigenvalue weighted by Crippen LogP contribution is -2.11. The first-order chi connectivity index (χ1) is 4.81. The summed E-state index contributed by atoms with van der Waals surface area (Å²) in [4.78, 5) is 0. The second kappa shape index (κ2) is 11.2. The van der Waals surface area contributed by atoms with Crippen molar-refractivity contribution >= 4 is 0 Å². The van der Waals surface area contributed by atoms with Gasteiger partial charge in [0.2, 0.25) is 0 Å².